The number of fused-ring (bicyclic) bond motifs is 1. The van der Waals surface area contributed by atoms with Gasteiger partial charge in [-0.2, -0.15) is 0 Å². The summed E-state index contributed by atoms with van der Waals surface area (Å²) >= 11 is 0. The van der Waals surface area contributed by atoms with E-state index in [0.717, 1.165) is 25.7 Å². The minimum Gasteiger partial charge on any atom is -0.481 e. The molecule has 0 spiro atoms. The van der Waals surface area contributed by atoms with Gasteiger partial charge >= 0.3 is 5.97 Å². The van der Waals surface area contributed by atoms with Crippen molar-refractivity contribution < 1.29 is 9.90 Å². The molecule has 2 nitrogen and oxygen atoms in total. The lowest BCUT2D eigenvalue weighted by atomic mass is 9.66. The van der Waals surface area contributed by atoms with Gasteiger partial charge in [0.15, 0.2) is 0 Å². The summed E-state index contributed by atoms with van der Waals surface area (Å²) in [6.07, 6.45) is 5.25. The van der Waals surface area contributed by atoms with E-state index >= 15 is 0 Å². The van der Waals surface area contributed by atoms with Crippen molar-refractivity contribution in [1.82, 2.24) is 0 Å². The lowest BCUT2D eigenvalue weighted by molar-refractivity contribution is -0.147. The van der Waals surface area contributed by atoms with Crippen LogP contribution in [0.3, 0.4) is 0 Å². The van der Waals surface area contributed by atoms with E-state index in [9.17, 15) is 9.90 Å². The van der Waals surface area contributed by atoms with Crippen molar-refractivity contribution in [3.63, 3.8) is 0 Å². The number of carboxylic acid groups (broad SMARTS) is 1. The van der Waals surface area contributed by atoms with Crippen LogP contribution in [0.15, 0.2) is 0 Å². The van der Waals surface area contributed by atoms with Crippen molar-refractivity contribution in [1.29, 1.82) is 0 Å². The van der Waals surface area contributed by atoms with E-state index in [1.165, 1.54) is 6.42 Å². The number of aliphatic carboxylic acids is 1. The molecule has 0 aromatic carbocycles. The van der Waals surface area contributed by atoms with Crippen LogP contribution in [-0.4, -0.2) is 11.1 Å². The molecule has 2 rings (SSSR count). The first-order valence-electron chi connectivity index (χ1n) is 5.59. The third-order valence-electron chi connectivity index (χ3n) is 4.70. The fourth-order valence-electron chi connectivity index (χ4n) is 3.73. The van der Waals surface area contributed by atoms with E-state index in [2.05, 4.69) is 20.8 Å². The van der Waals surface area contributed by atoms with Gasteiger partial charge in [0.1, 0.15) is 0 Å². The highest BCUT2D eigenvalue weighted by atomic mass is 16.4. The second-order valence-corrected chi connectivity index (χ2v) is 6.10. The van der Waals surface area contributed by atoms with Crippen LogP contribution in [0.2, 0.25) is 0 Å². The first-order chi connectivity index (χ1) is 6.36. The van der Waals surface area contributed by atoms with Crippen molar-refractivity contribution in [3.8, 4) is 0 Å². The van der Waals surface area contributed by atoms with Gasteiger partial charge in [0.25, 0.3) is 0 Å². The van der Waals surface area contributed by atoms with Crippen molar-refractivity contribution >= 4 is 5.97 Å². The summed E-state index contributed by atoms with van der Waals surface area (Å²) in [7, 11) is 0. The third kappa shape index (κ3) is 0.945. The molecule has 0 bridgehead atoms. The van der Waals surface area contributed by atoms with Crippen molar-refractivity contribution in [2.45, 2.75) is 52.9 Å². The van der Waals surface area contributed by atoms with Gasteiger partial charge in [-0.05, 0) is 30.1 Å². The molecule has 2 unspecified atom stereocenters. The van der Waals surface area contributed by atoms with Crippen molar-refractivity contribution in [3.05, 3.63) is 0 Å². The zero-order valence-electron chi connectivity index (χ0n) is 9.39. The van der Waals surface area contributed by atoms with Gasteiger partial charge in [-0.15, -0.1) is 0 Å². The van der Waals surface area contributed by atoms with E-state index in [0.29, 0.717) is 0 Å². The molecule has 80 valence electrons. The molecule has 2 aliphatic rings. The second-order valence-electron chi connectivity index (χ2n) is 6.10. The molecule has 0 heterocycles. The van der Waals surface area contributed by atoms with Crippen LogP contribution < -0.4 is 0 Å². The zero-order valence-corrected chi connectivity index (χ0v) is 9.39. The largest absolute Gasteiger partial charge is 0.481 e. The monoisotopic (exact) mass is 196 g/mol. The average Bonchev–Trinajstić information content (AvgIpc) is 2.74. The van der Waals surface area contributed by atoms with Crippen molar-refractivity contribution in [2.75, 3.05) is 0 Å². The lowest BCUT2D eigenvalue weighted by Gasteiger charge is -2.38. The predicted octanol–water partition coefficient (Wildman–Crippen LogP) is 3.07. The molecule has 2 atom stereocenters. The maximum atomic E-state index is 11.4. The van der Waals surface area contributed by atoms with Gasteiger partial charge in [-0.1, -0.05) is 33.6 Å². The third-order valence-corrected chi connectivity index (χ3v) is 4.70. The molecule has 2 aliphatic carbocycles. The summed E-state index contributed by atoms with van der Waals surface area (Å²) in [4.78, 5) is 11.4. The number of carboxylic acids is 1. The van der Waals surface area contributed by atoms with E-state index in [4.69, 9.17) is 0 Å². The molecule has 0 aliphatic heterocycles. The smallest absolute Gasteiger partial charge is 0.310 e. The Morgan fingerprint density at radius 1 is 1.21 bits per heavy atom. The van der Waals surface area contributed by atoms with Crippen LogP contribution >= 0.6 is 0 Å². The average molecular weight is 196 g/mol. The van der Waals surface area contributed by atoms with E-state index in [1.807, 2.05) is 0 Å². The maximum Gasteiger partial charge on any atom is 0.310 e. The highest BCUT2D eigenvalue weighted by Crippen LogP contribution is 2.77. The van der Waals surface area contributed by atoms with Crippen molar-refractivity contribution in [2.24, 2.45) is 16.2 Å². The maximum absolute atomic E-state index is 11.4. The van der Waals surface area contributed by atoms with Gasteiger partial charge in [-0.25, -0.2) is 0 Å². The summed E-state index contributed by atoms with van der Waals surface area (Å²) in [5, 5.41) is 9.37. The fraction of sp³-hybridized carbons (Fsp3) is 0.917. The van der Waals surface area contributed by atoms with Gasteiger partial charge in [-0.3, -0.25) is 4.79 Å². The Kier molecular flexibility index (Phi) is 1.81. The molecule has 2 heteroatoms. The van der Waals surface area contributed by atoms with Crippen LogP contribution in [0.4, 0.5) is 0 Å². The standard InChI is InChI=1S/C12H20O2/c1-10(2,3)12-7-5-4-6-11(12,8-12)9(13)14/h4-8H2,1-3H3,(H,13,14). The SMILES string of the molecule is CC(C)(C)C12CCCCC1(C(=O)O)C2. The molecule has 2 fully saturated rings. The Balaban J connectivity index is 2.34. The zero-order chi connectivity index (χ0) is 10.6. The van der Waals surface area contributed by atoms with E-state index < -0.39 is 5.97 Å². The predicted molar refractivity (Wildman–Crippen MR) is 55.0 cm³/mol. The highest BCUT2D eigenvalue weighted by Gasteiger charge is 2.75. The van der Waals surface area contributed by atoms with Gasteiger partial charge in [0.05, 0.1) is 5.41 Å². The summed E-state index contributed by atoms with van der Waals surface area (Å²) in [5.74, 6) is -0.549. The summed E-state index contributed by atoms with van der Waals surface area (Å²) < 4.78 is 0. The molecule has 2 saturated carbocycles. The van der Waals surface area contributed by atoms with Gasteiger partial charge < -0.3 is 5.11 Å². The topological polar surface area (TPSA) is 37.3 Å². The lowest BCUT2D eigenvalue weighted by Crippen LogP contribution is -2.35. The fourth-order valence-corrected chi connectivity index (χ4v) is 3.73. The first-order valence-corrected chi connectivity index (χ1v) is 5.59. The second kappa shape index (κ2) is 2.53. The molecule has 0 radical (unpaired) electrons. The van der Waals surface area contributed by atoms with E-state index in [-0.39, 0.29) is 16.2 Å². The minimum atomic E-state index is -0.549. The molecule has 0 amide bonds. The Labute approximate surface area is 85.7 Å². The summed E-state index contributed by atoms with van der Waals surface area (Å²) in [6.45, 7) is 6.59. The molecule has 0 aromatic rings. The van der Waals surface area contributed by atoms with Gasteiger partial charge in [0, 0.05) is 0 Å². The Morgan fingerprint density at radius 3 is 2.21 bits per heavy atom. The van der Waals surface area contributed by atoms with Crippen LogP contribution in [0, 0.1) is 16.2 Å². The Morgan fingerprint density at radius 2 is 1.79 bits per heavy atom. The Bertz CT molecular complexity index is 277. The number of hydrogen-bond acceptors (Lipinski definition) is 1. The summed E-state index contributed by atoms with van der Waals surface area (Å²) in [5.41, 5.74) is -0.112. The van der Waals surface area contributed by atoms with Gasteiger partial charge in [0.2, 0.25) is 0 Å². The molecule has 0 saturated heterocycles. The highest BCUT2D eigenvalue weighted by molar-refractivity contribution is 5.80. The molecular formula is C12H20O2. The van der Waals surface area contributed by atoms with Crippen LogP contribution in [0.1, 0.15) is 52.9 Å². The number of carbonyl (C=O) groups is 1. The normalized spacial score (nSPS) is 41.6. The summed E-state index contributed by atoms with van der Waals surface area (Å²) in [6, 6.07) is 0. The molecular weight excluding hydrogens is 176 g/mol. The molecule has 1 N–H and O–H groups in total. The van der Waals surface area contributed by atoms with Crippen LogP contribution in [0.5, 0.6) is 0 Å². The van der Waals surface area contributed by atoms with Crippen LogP contribution in [-0.2, 0) is 4.79 Å². The quantitative estimate of drug-likeness (QED) is 0.699. The van der Waals surface area contributed by atoms with E-state index in [1.54, 1.807) is 0 Å². The number of hydrogen-bond donors (Lipinski definition) is 1. The van der Waals surface area contributed by atoms with Crippen LogP contribution in [0.25, 0.3) is 0 Å². The minimum absolute atomic E-state index is 0.101. The Hall–Kier alpha value is -0.530. The molecule has 14 heavy (non-hydrogen) atoms. The molecule has 0 aromatic heterocycles. The first kappa shape index (κ1) is 10.0. The number of rotatable bonds is 1.